The number of pyridine rings is 1. The molecule has 23 heavy (non-hydrogen) atoms. The molecule has 0 saturated heterocycles. The summed E-state index contributed by atoms with van der Waals surface area (Å²) >= 11 is 0. The average molecular weight is 299 g/mol. The smallest absolute Gasteiger partial charge is 0.0707 e. The van der Waals surface area contributed by atoms with E-state index in [4.69, 9.17) is 0 Å². The summed E-state index contributed by atoms with van der Waals surface area (Å²) < 4.78 is 0. The minimum absolute atomic E-state index is 0.596. The van der Waals surface area contributed by atoms with Crippen molar-refractivity contribution in [2.24, 2.45) is 0 Å². The highest BCUT2D eigenvalue weighted by Gasteiger charge is 2.25. The number of rotatable bonds is 2. The molecule has 0 spiro atoms. The third-order valence-corrected chi connectivity index (χ3v) is 5.11. The van der Waals surface area contributed by atoms with Gasteiger partial charge in [-0.05, 0) is 66.5 Å². The van der Waals surface area contributed by atoms with E-state index in [9.17, 15) is 0 Å². The molecule has 0 fully saturated rings. The minimum Gasteiger partial charge on any atom is -0.256 e. The molecule has 1 unspecified atom stereocenters. The molecule has 4 rings (SSSR count). The first-order valence-electron chi connectivity index (χ1n) is 8.31. The first kappa shape index (κ1) is 14.2. The Morgan fingerprint density at radius 2 is 1.70 bits per heavy atom. The van der Waals surface area contributed by atoms with Gasteiger partial charge in [0.25, 0.3) is 0 Å². The Labute approximate surface area is 138 Å². The summed E-state index contributed by atoms with van der Waals surface area (Å²) in [6.07, 6.45) is 4.25. The van der Waals surface area contributed by atoms with Crippen LogP contribution in [0.15, 0.2) is 60.8 Å². The van der Waals surface area contributed by atoms with Crippen molar-refractivity contribution in [3.8, 4) is 11.3 Å². The van der Waals surface area contributed by atoms with E-state index in [0.29, 0.717) is 5.92 Å². The monoisotopic (exact) mass is 299 g/mol. The van der Waals surface area contributed by atoms with Gasteiger partial charge in [-0.15, -0.1) is 0 Å². The molecule has 1 aromatic heterocycles. The highest BCUT2D eigenvalue weighted by atomic mass is 14.7. The lowest BCUT2D eigenvalue weighted by molar-refractivity contribution is 0.742. The lowest BCUT2D eigenvalue weighted by Gasteiger charge is -2.10. The molecule has 0 radical (unpaired) electrons. The molecular weight excluding hydrogens is 278 g/mol. The van der Waals surface area contributed by atoms with E-state index in [1.807, 2.05) is 6.20 Å². The molecule has 0 N–H and O–H groups in total. The Balaban J connectivity index is 1.74. The topological polar surface area (TPSA) is 12.9 Å². The van der Waals surface area contributed by atoms with Gasteiger partial charge in [0.1, 0.15) is 0 Å². The van der Waals surface area contributed by atoms with E-state index >= 15 is 0 Å². The fourth-order valence-corrected chi connectivity index (χ4v) is 3.62. The Morgan fingerprint density at radius 3 is 2.48 bits per heavy atom. The third kappa shape index (κ3) is 2.57. The maximum absolute atomic E-state index is 4.68. The van der Waals surface area contributed by atoms with Gasteiger partial charge in [0, 0.05) is 11.8 Å². The van der Waals surface area contributed by atoms with Crippen LogP contribution < -0.4 is 0 Å². The van der Waals surface area contributed by atoms with E-state index in [1.54, 1.807) is 0 Å². The Morgan fingerprint density at radius 1 is 0.870 bits per heavy atom. The van der Waals surface area contributed by atoms with E-state index < -0.39 is 0 Å². The van der Waals surface area contributed by atoms with Crippen molar-refractivity contribution in [2.45, 2.75) is 32.6 Å². The SMILES string of the molecule is Cc1cnc(-c2cccc3c2CC(c2ccccc2)C3)cc1C. The second-order valence-electron chi connectivity index (χ2n) is 6.61. The highest BCUT2D eigenvalue weighted by Crippen LogP contribution is 2.38. The van der Waals surface area contributed by atoms with Crippen LogP contribution in [0.4, 0.5) is 0 Å². The molecule has 1 aliphatic rings. The van der Waals surface area contributed by atoms with E-state index in [-0.39, 0.29) is 0 Å². The zero-order valence-corrected chi connectivity index (χ0v) is 13.7. The number of benzene rings is 2. The molecule has 0 saturated carbocycles. The van der Waals surface area contributed by atoms with Crippen LogP contribution in [0.5, 0.6) is 0 Å². The zero-order valence-electron chi connectivity index (χ0n) is 13.7. The van der Waals surface area contributed by atoms with Crippen molar-refractivity contribution in [2.75, 3.05) is 0 Å². The van der Waals surface area contributed by atoms with Gasteiger partial charge in [-0.25, -0.2) is 0 Å². The molecular formula is C22H21N. The van der Waals surface area contributed by atoms with Gasteiger partial charge < -0.3 is 0 Å². The zero-order chi connectivity index (χ0) is 15.8. The van der Waals surface area contributed by atoms with Crippen molar-refractivity contribution < 1.29 is 0 Å². The first-order chi connectivity index (χ1) is 11.2. The molecule has 114 valence electrons. The van der Waals surface area contributed by atoms with E-state index in [1.165, 1.54) is 33.4 Å². The quantitative estimate of drug-likeness (QED) is 0.630. The van der Waals surface area contributed by atoms with Crippen LogP contribution in [0.1, 0.15) is 33.7 Å². The van der Waals surface area contributed by atoms with Crippen LogP contribution in [-0.4, -0.2) is 4.98 Å². The van der Waals surface area contributed by atoms with E-state index in [2.05, 4.69) is 73.4 Å². The molecule has 0 bridgehead atoms. The number of fused-ring (bicyclic) bond motifs is 1. The lowest BCUT2D eigenvalue weighted by atomic mass is 9.95. The highest BCUT2D eigenvalue weighted by molar-refractivity contribution is 5.67. The Kier molecular flexibility index (Phi) is 3.49. The van der Waals surface area contributed by atoms with Crippen molar-refractivity contribution in [1.29, 1.82) is 0 Å². The predicted octanol–water partition coefficient (Wildman–Crippen LogP) is 5.25. The summed E-state index contributed by atoms with van der Waals surface area (Å²) in [4.78, 5) is 4.68. The summed E-state index contributed by atoms with van der Waals surface area (Å²) in [7, 11) is 0. The van der Waals surface area contributed by atoms with Crippen LogP contribution in [-0.2, 0) is 12.8 Å². The molecule has 1 heteroatoms. The summed E-state index contributed by atoms with van der Waals surface area (Å²) in [6.45, 7) is 4.28. The van der Waals surface area contributed by atoms with Crippen LogP contribution in [0, 0.1) is 13.8 Å². The second kappa shape index (κ2) is 5.66. The van der Waals surface area contributed by atoms with Crippen LogP contribution in [0.3, 0.4) is 0 Å². The average Bonchev–Trinajstić information content (AvgIpc) is 3.02. The van der Waals surface area contributed by atoms with Crippen molar-refractivity contribution in [1.82, 2.24) is 4.98 Å². The molecule has 0 aliphatic heterocycles. The van der Waals surface area contributed by atoms with Gasteiger partial charge in [-0.1, -0.05) is 48.5 Å². The maximum atomic E-state index is 4.68. The van der Waals surface area contributed by atoms with Gasteiger partial charge in [0.2, 0.25) is 0 Å². The number of nitrogens with zero attached hydrogens (tertiary/aromatic N) is 1. The van der Waals surface area contributed by atoms with Gasteiger partial charge in [-0.2, -0.15) is 0 Å². The standard InChI is InChI=1S/C22H21N/c1-15-11-22(23-14-16(15)2)20-10-6-9-18-12-19(13-21(18)20)17-7-4-3-5-8-17/h3-11,14,19H,12-13H2,1-2H3. The normalized spacial score (nSPS) is 16.3. The molecule has 1 nitrogen and oxygen atoms in total. The predicted molar refractivity (Wildman–Crippen MR) is 95.7 cm³/mol. The maximum Gasteiger partial charge on any atom is 0.0707 e. The third-order valence-electron chi connectivity index (χ3n) is 5.11. The molecule has 1 heterocycles. The molecule has 2 aromatic carbocycles. The number of aromatic nitrogens is 1. The van der Waals surface area contributed by atoms with Crippen molar-refractivity contribution in [3.63, 3.8) is 0 Å². The lowest BCUT2D eigenvalue weighted by Crippen LogP contribution is -1.97. The Hall–Kier alpha value is -2.41. The number of hydrogen-bond donors (Lipinski definition) is 0. The van der Waals surface area contributed by atoms with Crippen molar-refractivity contribution >= 4 is 0 Å². The summed E-state index contributed by atoms with van der Waals surface area (Å²) in [5.74, 6) is 0.596. The van der Waals surface area contributed by atoms with E-state index in [0.717, 1.165) is 18.5 Å². The van der Waals surface area contributed by atoms with Crippen LogP contribution >= 0.6 is 0 Å². The number of aryl methyl sites for hydroxylation is 2. The molecule has 1 aliphatic carbocycles. The second-order valence-corrected chi connectivity index (χ2v) is 6.61. The fourth-order valence-electron chi connectivity index (χ4n) is 3.62. The van der Waals surface area contributed by atoms with Crippen LogP contribution in [0.25, 0.3) is 11.3 Å². The summed E-state index contributed by atoms with van der Waals surface area (Å²) in [5.41, 5.74) is 9.40. The van der Waals surface area contributed by atoms with Gasteiger partial charge in [0.05, 0.1) is 5.69 Å². The molecule has 0 amide bonds. The van der Waals surface area contributed by atoms with Crippen LogP contribution in [0.2, 0.25) is 0 Å². The minimum atomic E-state index is 0.596. The summed E-state index contributed by atoms with van der Waals surface area (Å²) in [6, 6.07) is 19.8. The largest absolute Gasteiger partial charge is 0.256 e. The van der Waals surface area contributed by atoms with Crippen molar-refractivity contribution in [3.05, 3.63) is 88.6 Å². The van der Waals surface area contributed by atoms with Gasteiger partial charge >= 0.3 is 0 Å². The van der Waals surface area contributed by atoms with Gasteiger partial charge in [0.15, 0.2) is 0 Å². The summed E-state index contributed by atoms with van der Waals surface area (Å²) in [5, 5.41) is 0. The Bertz CT molecular complexity index is 849. The first-order valence-corrected chi connectivity index (χ1v) is 8.31. The molecule has 1 atom stereocenters. The fraction of sp³-hybridized carbons (Fsp3) is 0.227. The molecule has 3 aromatic rings. The number of hydrogen-bond acceptors (Lipinski definition) is 1. The van der Waals surface area contributed by atoms with Gasteiger partial charge in [-0.3, -0.25) is 4.98 Å².